The van der Waals surface area contributed by atoms with E-state index in [4.69, 9.17) is 33.0 Å². The number of carboxylic acid groups (broad SMARTS) is 1. The molecule has 0 bridgehead atoms. The average Bonchev–Trinajstić information content (AvgIpc) is 2.89. The number of rotatable bonds is 6. The monoisotopic (exact) mass is 570 g/mol. The van der Waals surface area contributed by atoms with Crippen molar-refractivity contribution in [3.05, 3.63) is 114 Å². The number of aromatic amines is 1. The Kier molecular flexibility index (Phi) is 6.94. The number of aromatic nitrogens is 3. The number of carbonyl (C=O) groups excluding carboxylic acids is 1. The van der Waals surface area contributed by atoms with Gasteiger partial charge in [0.15, 0.2) is 5.75 Å². The molecule has 10 nitrogen and oxygen atoms in total. The van der Waals surface area contributed by atoms with Gasteiger partial charge in [-0.1, -0.05) is 41.4 Å². The van der Waals surface area contributed by atoms with Gasteiger partial charge in [-0.25, -0.2) is 14.0 Å². The molecular weight excluding hydrogens is 554 g/mol. The zero-order valence-corrected chi connectivity index (χ0v) is 21.3. The smallest absolute Gasteiger partial charge is 0.362 e. The van der Waals surface area contributed by atoms with Crippen LogP contribution in [0.25, 0.3) is 5.69 Å². The minimum atomic E-state index is -1.62. The van der Waals surface area contributed by atoms with Crippen LogP contribution in [0.3, 0.4) is 0 Å². The van der Waals surface area contributed by atoms with Crippen LogP contribution in [-0.2, 0) is 13.0 Å². The lowest BCUT2D eigenvalue weighted by Crippen LogP contribution is -2.37. The highest BCUT2D eigenvalue weighted by Gasteiger charge is 2.26. The van der Waals surface area contributed by atoms with Crippen molar-refractivity contribution in [3.63, 3.8) is 0 Å². The van der Waals surface area contributed by atoms with Crippen LogP contribution in [0, 0.1) is 5.82 Å². The number of aromatic carboxylic acids is 1. The molecule has 1 aliphatic rings. The number of amides is 1. The quantitative estimate of drug-likeness (QED) is 0.357. The van der Waals surface area contributed by atoms with Gasteiger partial charge in [0.2, 0.25) is 5.69 Å². The zero-order valence-electron chi connectivity index (χ0n) is 19.8. The molecular formula is C26H17Cl2FN4O6. The fourth-order valence-corrected chi connectivity index (χ4v) is 4.71. The lowest BCUT2D eigenvalue weighted by Gasteiger charge is -2.29. The van der Waals surface area contributed by atoms with E-state index < -0.39 is 22.9 Å². The molecule has 39 heavy (non-hydrogen) atoms. The molecule has 1 aromatic heterocycles. The molecule has 13 heteroatoms. The normalized spacial score (nSPS) is 12.8. The van der Waals surface area contributed by atoms with Gasteiger partial charge in [-0.15, -0.1) is 0 Å². The Balaban J connectivity index is 1.39. The maximum atomic E-state index is 14.1. The van der Waals surface area contributed by atoms with E-state index in [1.165, 1.54) is 18.2 Å². The Bertz CT molecular complexity index is 1750. The third kappa shape index (κ3) is 5.14. The van der Waals surface area contributed by atoms with E-state index in [1.54, 1.807) is 41.3 Å². The number of halogens is 3. The van der Waals surface area contributed by atoms with Gasteiger partial charge in [0, 0.05) is 24.2 Å². The topological polar surface area (TPSA) is 135 Å². The molecule has 0 saturated heterocycles. The number of hydrogen-bond donors (Lipinski definition) is 2. The summed E-state index contributed by atoms with van der Waals surface area (Å²) in [5.74, 6) is -1.84. The largest absolute Gasteiger partial charge is 0.476 e. The van der Waals surface area contributed by atoms with Gasteiger partial charge < -0.3 is 14.7 Å². The molecule has 0 fully saturated rings. The predicted octanol–water partition coefficient (Wildman–Crippen LogP) is 4.06. The van der Waals surface area contributed by atoms with Crippen LogP contribution in [0.2, 0.25) is 10.0 Å². The summed E-state index contributed by atoms with van der Waals surface area (Å²) in [4.78, 5) is 51.6. The first kappa shape index (κ1) is 26.1. The van der Waals surface area contributed by atoms with Crippen molar-refractivity contribution in [2.45, 2.75) is 13.0 Å². The fraction of sp³-hybridized carbons (Fsp3) is 0.115. The van der Waals surface area contributed by atoms with Gasteiger partial charge in [0.05, 0.1) is 15.7 Å². The first-order chi connectivity index (χ1) is 18.6. The van der Waals surface area contributed by atoms with E-state index in [0.717, 1.165) is 5.56 Å². The van der Waals surface area contributed by atoms with E-state index in [1.807, 2.05) is 4.98 Å². The number of benzene rings is 3. The molecule has 5 rings (SSSR count). The van der Waals surface area contributed by atoms with Gasteiger partial charge in [0.1, 0.15) is 11.6 Å². The zero-order chi connectivity index (χ0) is 27.8. The van der Waals surface area contributed by atoms with Crippen molar-refractivity contribution in [2.24, 2.45) is 0 Å². The molecule has 2 N–H and O–H groups in total. The highest BCUT2D eigenvalue weighted by molar-refractivity contribution is 6.37. The summed E-state index contributed by atoms with van der Waals surface area (Å²) in [6.45, 7) is 0.543. The first-order valence-corrected chi connectivity index (χ1v) is 12.2. The lowest BCUT2D eigenvalue weighted by molar-refractivity contribution is 0.0683. The highest BCUT2D eigenvalue weighted by Crippen LogP contribution is 2.39. The van der Waals surface area contributed by atoms with Gasteiger partial charge in [-0.05, 0) is 48.4 Å². The van der Waals surface area contributed by atoms with Crippen molar-refractivity contribution in [2.75, 3.05) is 6.54 Å². The average molecular weight is 571 g/mol. The maximum absolute atomic E-state index is 14.1. The van der Waals surface area contributed by atoms with Crippen LogP contribution in [0.4, 0.5) is 4.39 Å². The summed E-state index contributed by atoms with van der Waals surface area (Å²) in [5.41, 5.74) is -1.41. The number of hydrogen-bond acceptors (Lipinski definition) is 6. The molecule has 0 saturated carbocycles. The van der Waals surface area contributed by atoms with Gasteiger partial charge in [0.25, 0.3) is 11.5 Å². The Morgan fingerprint density at radius 2 is 1.79 bits per heavy atom. The summed E-state index contributed by atoms with van der Waals surface area (Å²) >= 11 is 12.7. The number of ether oxygens (including phenoxy) is 1. The number of fused-ring (bicyclic) bond motifs is 1. The van der Waals surface area contributed by atoms with Crippen molar-refractivity contribution < 1.29 is 23.8 Å². The summed E-state index contributed by atoms with van der Waals surface area (Å²) < 4.78 is 20.6. The second kappa shape index (κ2) is 10.4. The Labute approximate surface area is 228 Å². The lowest BCUT2D eigenvalue weighted by atomic mass is 9.98. The van der Waals surface area contributed by atoms with Crippen molar-refractivity contribution in [3.8, 4) is 17.2 Å². The standard InChI is InChI=1S/C26H17Cl2FN4O6/c27-18-10-15(33-26(38)30-23(34)21(31-33)25(36)37)11-19(28)22(18)39-16-5-6-17-13(9-16)7-8-32(24(17)35)12-14-3-1-2-4-20(14)29/h1-6,9-11H,7-8,12H2,(H,36,37)(H,30,34,38). The van der Waals surface area contributed by atoms with Crippen LogP contribution < -0.4 is 16.0 Å². The molecule has 0 atom stereocenters. The van der Waals surface area contributed by atoms with Crippen molar-refractivity contribution in [1.82, 2.24) is 19.7 Å². The van der Waals surface area contributed by atoms with E-state index in [9.17, 15) is 23.6 Å². The second-order valence-electron chi connectivity index (χ2n) is 8.55. The first-order valence-electron chi connectivity index (χ1n) is 11.4. The molecule has 4 aromatic rings. The molecule has 1 aliphatic heterocycles. The SMILES string of the molecule is O=C(O)c1nn(-c2cc(Cl)c(Oc3ccc4c(c3)CCN(Cc3ccccc3F)C4=O)c(Cl)c2)c(=O)[nH]c1=O. The van der Waals surface area contributed by atoms with E-state index >= 15 is 0 Å². The van der Waals surface area contributed by atoms with Gasteiger partial charge in [-0.2, -0.15) is 9.78 Å². The Morgan fingerprint density at radius 1 is 1.08 bits per heavy atom. The molecule has 0 unspecified atom stereocenters. The van der Waals surface area contributed by atoms with Crippen LogP contribution in [0.1, 0.15) is 32.0 Å². The van der Waals surface area contributed by atoms with Crippen LogP contribution >= 0.6 is 23.2 Å². The molecule has 0 spiro atoms. The molecule has 3 aromatic carbocycles. The molecule has 2 heterocycles. The number of nitrogens with one attached hydrogen (secondary N) is 1. The molecule has 0 aliphatic carbocycles. The second-order valence-corrected chi connectivity index (χ2v) is 9.37. The van der Waals surface area contributed by atoms with Gasteiger partial charge in [-0.3, -0.25) is 14.6 Å². The van der Waals surface area contributed by atoms with Crippen LogP contribution in [0.15, 0.2) is 64.2 Å². The van der Waals surface area contributed by atoms with Crippen molar-refractivity contribution in [1.29, 1.82) is 0 Å². The molecule has 198 valence electrons. The summed E-state index contributed by atoms with van der Waals surface area (Å²) in [7, 11) is 0. The summed E-state index contributed by atoms with van der Waals surface area (Å²) in [5, 5.41) is 12.6. The molecule has 1 amide bonds. The predicted molar refractivity (Wildman–Crippen MR) is 139 cm³/mol. The highest BCUT2D eigenvalue weighted by atomic mass is 35.5. The van der Waals surface area contributed by atoms with E-state index in [2.05, 4.69) is 5.10 Å². The van der Waals surface area contributed by atoms with Crippen molar-refractivity contribution >= 4 is 35.1 Å². The minimum Gasteiger partial charge on any atom is -0.476 e. The van der Waals surface area contributed by atoms with Crippen LogP contribution in [0.5, 0.6) is 11.5 Å². The number of nitrogens with zero attached hydrogens (tertiary/aromatic N) is 3. The number of carboxylic acids is 1. The third-order valence-electron chi connectivity index (χ3n) is 6.04. The minimum absolute atomic E-state index is 0.00733. The number of H-pyrrole nitrogens is 1. The molecule has 0 radical (unpaired) electrons. The van der Waals surface area contributed by atoms with Gasteiger partial charge >= 0.3 is 11.7 Å². The van der Waals surface area contributed by atoms with E-state index in [-0.39, 0.29) is 39.8 Å². The summed E-state index contributed by atoms with van der Waals surface area (Å²) in [6, 6.07) is 13.7. The van der Waals surface area contributed by atoms with Crippen LogP contribution in [-0.4, -0.2) is 43.2 Å². The maximum Gasteiger partial charge on any atom is 0.362 e. The fourth-order valence-electron chi connectivity index (χ4n) is 4.16. The Hall–Kier alpha value is -4.48. The Morgan fingerprint density at radius 3 is 2.49 bits per heavy atom. The van der Waals surface area contributed by atoms with E-state index in [0.29, 0.717) is 34.5 Å². The summed E-state index contributed by atoms with van der Waals surface area (Å²) in [6.07, 6.45) is 0.514. The third-order valence-corrected chi connectivity index (χ3v) is 6.60. The number of carbonyl (C=O) groups is 2.